The van der Waals surface area contributed by atoms with Gasteiger partial charge in [0.05, 0.1) is 12.0 Å². The number of carbonyl (C=O) groups excluding carboxylic acids is 2. The molecule has 0 saturated carbocycles. The van der Waals surface area contributed by atoms with E-state index in [2.05, 4.69) is 12.2 Å². The molecule has 26 heavy (non-hydrogen) atoms. The van der Waals surface area contributed by atoms with E-state index in [9.17, 15) is 9.59 Å². The van der Waals surface area contributed by atoms with Gasteiger partial charge in [-0.25, -0.2) is 0 Å². The van der Waals surface area contributed by atoms with E-state index >= 15 is 0 Å². The Morgan fingerprint density at radius 2 is 1.96 bits per heavy atom. The van der Waals surface area contributed by atoms with Crippen molar-refractivity contribution in [2.75, 3.05) is 20.3 Å². The highest BCUT2D eigenvalue weighted by molar-refractivity contribution is 7.14. The predicted molar refractivity (Wildman–Crippen MR) is 104 cm³/mol. The number of ether oxygens (including phenoxy) is 2. The topological polar surface area (TPSA) is 64.6 Å². The zero-order valence-electron chi connectivity index (χ0n) is 15.2. The van der Waals surface area contributed by atoms with Crippen molar-refractivity contribution >= 4 is 29.1 Å². The second kappa shape index (κ2) is 9.77. The van der Waals surface area contributed by atoms with E-state index in [1.54, 1.807) is 24.3 Å². The molecule has 1 aromatic carbocycles. The van der Waals surface area contributed by atoms with Gasteiger partial charge >= 0.3 is 0 Å². The van der Waals surface area contributed by atoms with Gasteiger partial charge in [0.25, 0.3) is 5.91 Å². The number of hydrogen-bond donors (Lipinski definition) is 1. The summed E-state index contributed by atoms with van der Waals surface area (Å²) in [5, 5.41) is 2.67. The molecule has 0 fully saturated rings. The summed E-state index contributed by atoms with van der Waals surface area (Å²) in [6.45, 7) is 4.40. The maximum atomic E-state index is 12.2. The lowest BCUT2D eigenvalue weighted by Crippen LogP contribution is -2.28. The predicted octanol–water partition coefficient (Wildman–Crippen LogP) is 3.73. The van der Waals surface area contributed by atoms with Gasteiger partial charge in [-0.15, -0.1) is 11.3 Å². The van der Waals surface area contributed by atoms with Gasteiger partial charge in [-0.05, 0) is 49.2 Å². The van der Waals surface area contributed by atoms with Crippen molar-refractivity contribution in [2.45, 2.75) is 20.3 Å². The summed E-state index contributed by atoms with van der Waals surface area (Å²) in [5.41, 5.74) is 0.813. The minimum Gasteiger partial charge on any atom is -0.493 e. The van der Waals surface area contributed by atoms with E-state index in [0.717, 1.165) is 16.9 Å². The number of ketones is 1. The van der Waals surface area contributed by atoms with Crippen LogP contribution < -0.4 is 14.8 Å². The molecule has 1 N–H and O–H groups in total. The smallest absolute Gasteiger partial charge is 0.257 e. The summed E-state index contributed by atoms with van der Waals surface area (Å²) in [4.78, 5) is 25.6. The number of aryl methyl sites for hydroxylation is 1. The molecule has 6 heteroatoms. The Hall–Kier alpha value is -2.60. The number of allylic oxidation sites excluding steroid dienone is 1. The van der Waals surface area contributed by atoms with Crippen molar-refractivity contribution < 1.29 is 19.1 Å². The Morgan fingerprint density at radius 3 is 2.62 bits per heavy atom. The van der Waals surface area contributed by atoms with Gasteiger partial charge in [-0.1, -0.05) is 19.1 Å². The molecule has 5 nitrogen and oxygen atoms in total. The fourth-order valence-corrected chi connectivity index (χ4v) is 3.12. The maximum Gasteiger partial charge on any atom is 0.257 e. The summed E-state index contributed by atoms with van der Waals surface area (Å²) in [5.74, 6) is 0.776. The second-order valence-corrected chi connectivity index (χ2v) is 6.64. The number of rotatable bonds is 9. The standard InChI is InChI=1S/C20H23NO4S/c1-4-15-8-11-19(26-15)16(22)9-6-14-7-10-17(18(12-14)24-3)25-13-20(23)21-5-2/h6-12H,4-5,13H2,1-3H3,(H,21,23)/b9-6+. The van der Waals surface area contributed by atoms with Crippen molar-refractivity contribution in [3.8, 4) is 11.5 Å². The normalized spacial score (nSPS) is 10.7. The van der Waals surface area contributed by atoms with Crippen LogP contribution in [0.4, 0.5) is 0 Å². The fourth-order valence-electron chi connectivity index (χ4n) is 2.25. The maximum absolute atomic E-state index is 12.2. The van der Waals surface area contributed by atoms with Gasteiger partial charge in [0.15, 0.2) is 23.9 Å². The van der Waals surface area contributed by atoms with Gasteiger partial charge in [0.1, 0.15) is 0 Å². The highest BCUT2D eigenvalue weighted by atomic mass is 32.1. The summed E-state index contributed by atoms with van der Waals surface area (Å²) in [6.07, 6.45) is 4.22. The molecule has 0 radical (unpaired) electrons. The second-order valence-electron chi connectivity index (χ2n) is 5.47. The van der Waals surface area contributed by atoms with Crippen LogP contribution in [-0.4, -0.2) is 32.0 Å². The number of carbonyl (C=O) groups is 2. The lowest BCUT2D eigenvalue weighted by molar-refractivity contribution is -0.123. The molecule has 0 aliphatic rings. The van der Waals surface area contributed by atoms with Gasteiger partial charge in [-0.3, -0.25) is 9.59 Å². The van der Waals surface area contributed by atoms with Crippen LogP contribution in [0.3, 0.4) is 0 Å². The number of thiophene rings is 1. The van der Waals surface area contributed by atoms with Crippen LogP contribution in [0.25, 0.3) is 6.08 Å². The van der Waals surface area contributed by atoms with Crippen LogP contribution in [0, 0.1) is 0 Å². The number of nitrogens with one attached hydrogen (secondary N) is 1. The van der Waals surface area contributed by atoms with Crippen LogP contribution in [0.15, 0.2) is 36.4 Å². The molecule has 0 saturated heterocycles. The van der Waals surface area contributed by atoms with Gasteiger partial charge in [0, 0.05) is 11.4 Å². The Morgan fingerprint density at radius 1 is 1.15 bits per heavy atom. The summed E-state index contributed by atoms with van der Waals surface area (Å²) in [7, 11) is 1.53. The minimum atomic E-state index is -0.188. The molecule has 1 amide bonds. The first kappa shape index (κ1) is 19.7. The first-order chi connectivity index (χ1) is 12.6. The first-order valence-corrected chi connectivity index (χ1v) is 9.27. The molecule has 0 bridgehead atoms. The molecule has 0 aliphatic heterocycles. The van der Waals surface area contributed by atoms with Crippen LogP contribution >= 0.6 is 11.3 Å². The zero-order valence-corrected chi connectivity index (χ0v) is 16.0. The molecule has 2 aromatic rings. The molecule has 0 atom stereocenters. The summed E-state index contributed by atoms with van der Waals surface area (Å²) < 4.78 is 10.8. The van der Waals surface area contributed by atoms with E-state index in [1.807, 2.05) is 25.1 Å². The van der Waals surface area contributed by atoms with Crippen molar-refractivity contribution in [3.63, 3.8) is 0 Å². The lowest BCUT2D eigenvalue weighted by Gasteiger charge is -2.11. The summed E-state index contributed by atoms with van der Waals surface area (Å²) in [6, 6.07) is 9.14. The van der Waals surface area contributed by atoms with Crippen molar-refractivity contribution in [3.05, 3.63) is 51.7 Å². The van der Waals surface area contributed by atoms with Crippen molar-refractivity contribution in [2.24, 2.45) is 0 Å². The highest BCUT2D eigenvalue weighted by Gasteiger charge is 2.09. The molecule has 0 aliphatic carbocycles. The molecule has 1 aromatic heterocycles. The Labute approximate surface area is 157 Å². The molecule has 0 unspecified atom stereocenters. The number of methoxy groups -OCH3 is 1. The van der Waals surface area contributed by atoms with Crippen LogP contribution in [0.1, 0.15) is 34.0 Å². The van der Waals surface area contributed by atoms with Crippen LogP contribution in [-0.2, 0) is 11.2 Å². The minimum absolute atomic E-state index is 0.0229. The average molecular weight is 373 g/mol. The Kier molecular flexibility index (Phi) is 7.41. The van der Waals surface area contributed by atoms with E-state index in [-0.39, 0.29) is 18.3 Å². The molecule has 1 heterocycles. The van der Waals surface area contributed by atoms with E-state index in [0.29, 0.717) is 18.0 Å². The third kappa shape index (κ3) is 5.46. The molecular formula is C20H23NO4S. The van der Waals surface area contributed by atoms with Crippen molar-refractivity contribution in [1.82, 2.24) is 5.32 Å². The van der Waals surface area contributed by atoms with Crippen molar-refractivity contribution in [1.29, 1.82) is 0 Å². The van der Waals surface area contributed by atoms with Gasteiger partial charge in [0.2, 0.25) is 0 Å². The monoisotopic (exact) mass is 373 g/mol. The van der Waals surface area contributed by atoms with E-state index in [1.165, 1.54) is 23.3 Å². The third-order valence-electron chi connectivity index (χ3n) is 3.60. The average Bonchev–Trinajstić information content (AvgIpc) is 3.14. The number of likely N-dealkylation sites (N-methyl/N-ethyl adjacent to an activating group) is 1. The molecule has 138 valence electrons. The van der Waals surface area contributed by atoms with E-state index < -0.39 is 0 Å². The third-order valence-corrected chi connectivity index (χ3v) is 4.84. The SMILES string of the molecule is CCNC(=O)COc1ccc(/C=C/C(=O)c2ccc(CC)s2)cc1OC. The summed E-state index contributed by atoms with van der Waals surface area (Å²) >= 11 is 1.52. The largest absolute Gasteiger partial charge is 0.493 e. The van der Waals surface area contributed by atoms with Gasteiger partial charge < -0.3 is 14.8 Å². The number of benzene rings is 1. The molecular weight excluding hydrogens is 350 g/mol. The quantitative estimate of drug-likeness (QED) is 0.537. The van der Waals surface area contributed by atoms with E-state index in [4.69, 9.17) is 9.47 Å². The number of hydrogen-bond acceptors (Lipinski definition) is 5. The van der Waals surface area contributed by atoms with Gasteiger partial charge in [-0.2, -0.15) is 0 Å². The molecule has 2 rings (SSSR count). The Balaban J connectivity index is 2.05. The molecule has 0 spiro atoms. The first-order valence-electron chi connectivity index (χ1n) is 8.46. The Bertz CT molecular complexity index is 795. The zero-order chi connectivity index (χ0) is 18.9. The number of amides is 1. The lowest BCUT2D eigenvalue weighted by atomic mass is 10.1. The fraction of sp³-hybridized carbons (Fsp3) is 0.300. The highest BCUT2D eigenvalue weighted by Crippen LogP contribution is 2.28. The van der Waals surface area contributed by atoms with Crippen LogP contribution in [0.2, 0.25) is 0 Å². The van der Waals surface area contributed by atoms with Crippen LogP contribution in [0.5, 0.6) is 11.5 Å².